The van der Waals surface area contributed by atoms with Gasteiger partial charge in [0.15, 0.2) is 11.5 Å². The summed E-state index contributed by atoms with van der Waals surface area (Å²) in [6.07, 6.45) is -0.745. The minimum absolute atomic E-state index is 0.251. The summed E-state index contributed by atoms with van der Waals surface area (Å²) in [6, 6.07) is 11.0. The van der Waals surface area contributed by atoms with Gasteiger partial charge < -0.3 is 18.9 Å². The first-order valence-electron chi connectivity index (χ1n) is 8.09. The zero-order valence-electron chi connectivity index (χ0n) is 15.4. The lowest BCUT2D eigenvalue weighted by Crippen LogP contribution is -2.25. The Morgan fingerprint density at radius 1 is 1.11 bits per heavy atom. The number of nitrogens with zero attached hydrogens (tertiary/aromatic N) is 2. The van der Waals surface area contributed by atoms with E-state index in [4.69, 9.17) is 18.9 Å². The number of ether oxygens (including phenoxy) is 4. The van der Waals surface area contributed by atoms with E-state index in [1.54, 1.807) is 12.1 Å². The van der Waals surface area contributed by atoms with Crippen LogP contribution in [0.15, 0.2) is 46.0 Å². The average Bonchev–Trinajstić information content (AvgIpc) is 3.12. The molecule has 0 aliphatic carbocycles. The maximum Gasteiger partial charge on any atom is 0.243 e. The van der Waals surface area contributed by atoms with E-state index < -0.39 is 6.23 Å². The van der Waals surface area contributed by atoms with E-state index in [-0.39, 0.29) is 5.91 Å². The quantitative estimate of drug-likeness (QED) is 0.716. The summed E-state index contributed by atoms with van der Waals surface area (Å²) < 4.78 is 23.0. The van der Waals surface area contributed by atoms with Gasteiger partial charge in [0.1, 0.15) is 0 Å². The van der Waals surface area contributed by atoms with Crippen LogP contribution in [0.4, 0.5) is 0 Å². The highest BCUT2D eigenvalue weighted by Crippen LogP contribution is 2.42. The number of hydrogen-bond donors (Lipinski definition) is 0. The summed E-state index contributed by atoms with van der Waals surface area (Å²) in [4.78, 5) is 12.1. The Labute approximate surface area is 165 Å². The summed E-state index contributed by atoms with van der Waals surface area (Å²) in [5, 5.41) is 5.64. The third kappa shape index (κ3) is 3.71. The molecule has 2 aromatic rings. The Kier molecular flexibility index (Phi) is 5.55. The number of rotatable bonds is 5. The first-order chi connectivity index (χ1) is 13.0. The van der Waals surface area contributed by atoms with Crippen molar-refractivity contribution in [1.82, 2.24) is 5.01 Å². The van der Waals surface area contributed by atoms with E-state index >= 15 is 0 Å². The maximum absolute atomic E-state index is 12.1. The topological polar surface area (TPSA) is 69.6 Å². The Balaban J connectivity index is 2.03. The molecule has 0 radical (unpaired) electrons. The van der Waals surface area contributed by atoms with Gasteiger partial charge in [0.25, 0.3) is 0 Å². The highest BCUT2D eigenvalue weighted by atomic mass is 79.9. The van der Waals surface area contributed by atoms with Gasteiger partial charge >= 0.3 is 0 Å². The minimum Gasteiger partial charge on any atom is -0.493 e. The number of halogens is 1. The summed E-state index contributed by atoms with van der Waals surface area (Å²) >= 11 is 3.43. The Bertz CT molecular complexity index is 874. The molecule has 1 amide bonds. The zero-order valence-corrected chi connectivity index (χ0v) is 16.9. The summed E-state index contributed by atoms with van der Waals surface area (Å²) in [5.41, 5.74) is 1.40. The summed E-state index contributed by atoms with van der Waals surface area (Å²) in [6.45, 7) is 1.43. The molecule has 1 heterocycles. The molecule has 0 spiro atoms. The summed E-state index contributed by atoms with van der Waals surface area (Å²) in [5.74, 6) is 1.50. The van der Waals surface area contributed by atoms with Crippen LogP contribution in [0.3, 0.4) is 0 Å². The van der Waals surface area contributed by atoms with Crippen molar-refractivity contribution in [3.8, 4) is 17.2 Å². The third-order valence-electron chi connectivity index (χ3n) is 4.01. The smallest absolute Gasteiger partial charge is 0.243 e. The predicted octanol–water partition coefficient (Wildman–Crippen LogP) is 3.71. The summed E-state index contributed by atoms with van der Waals surface area (Å²) in [7, 11) is 4.59. The lowest BCUT2D eigenvalue weighted by molar-refractivity contribution is -0.135. The van der Waals surface area contributed by atoms with Gasteiger partial charge in [-0.05, 0) is 30.3 Å². The monoisotopic (exact) mass is 434 g/mol. The number of carbonyl (C=O) groups excluding carboxylic acids is 1. The van der Waals surface area contributed by atoms with Gasteiger partial charge in [-0.15, -0.1) is 5.10 Å². The molecule has 27 heavy (non-hydrogen) atoms. The number of amides is 1. The van der Waals surface area contributed by atoms with Crippen LogP contribution in [-0.2, 0) is 9.53 Å². The van der Waals surface area contributed by atoms with Crippen LogP contribution in [0.5, 0.6) is 17.2 Å². The van der Waals surface area contributed by atoms with E-state index in [1.807, 2.05) is 24.3 Å². The minimum atomic E-state index is -0.745. The third-order valence-corrected chi connectivity index (χ3v) is 4.50. The second-order valence-electron chi connectivity index (χ2n) is 5.71. The normalized spacial score (nSPS) is 15.8. The van der Waals surface area contributed by atoms with Crippen molar-refractivity contribution in [2.75, 3.05) is 21.3 Å². The number of hydrogen-bond acceptors (Lipinski definition) is 6. The van der Waals surface area contributed by atoms with Gasteiger partial charge in [-0.3, -0.25) is 4.79 Å². The van der Waals surface area contributed by atoms with Gasteiger partial charge in [-0.2, -0.15) is 5.01 Å². The van der Waals surface area contributed by atoms with Gasteiger partial charge in [0.2, 0.25) is 23.8 Å². The molecule has 1 aliphatic rings. The van der Waals surface area contributed by atoms with Gasteiger partial charge in [-0.1, -0.05) is 22.0 Å². The van der Waals surface area contributed by atoms with Crippen molar-refractivity contribution < 1.29 is 23.7 Å². The van der Waals surface area contributed by atoms with Crippen LogP contribution in [0.2, 0.25) is 0 Å². The Morgan fingerprint density at radius 3 is 2.30 bits per heavy atom. The number of carbonyl (C=O) groups is 1. The fraction of sp³-hybridized carbons (Fsp3) is 0.263. The first kappa shape index (κ1) is 19.0. The Hall–Kier alpha value is -2.74. The molecular weight excluding hydrogens is 416 g/mol. The Morgan fingerprint density at radius 2 is 1.78 bits per heavy atom. The predicted molar refractivity (Wildman–Crippen MR) is 103 cm³/mol. The standard InChI is InChI=1S/C19H19BrN2O5/c1-11(23)22-19(27-18(21-22)12-6-5-7-14(20)8-12)13-9-15(24-2)17(26-4)16(10-13)25-3/h5-10,19H,1-4H3/t19-/m1/s1. The zero-order chi connectivity index (χ0) is 19.6. The molecule has 2 aromatic carbocycles. The van der Waals surface area contributed by atoms with E-state index in [9.17, 15) is 4.79 Å². The van der Waals surface area contributed by atoms with Crippen LogP contribution < -0.4 is 14.2 Å². The number of methoxy groups -OCH3 is 3. The lowest BCUT2D eigenvalue weighted by Gasteiger charge is -2.21. The molecule has 0 unspecified atom stereocenters. The van der Waals surface area contributed by atoms with Gasteiger partial charge in [-0.25, -0.2) is 0 Å². The van der Waals surface area contributed by atoms with E-state index in [1.165, 1.54) is 33.3 Å². The van der Waals surface area contributed by atoms with E-state index in [0.29, 0.717) is 28.7 Å². The van der Waals surface area contributed by atoms with Crippen LogP contribution in [0.25, 0.3) is 0 Å². The van der Waals surface area contributed by atoms with Crippen molar-refractivity contribution in [1.29, 1.82) is 0 Å². The molecule has 142 valence electrons. The average molecular weight is 435 g/mol. The molecule has 0 aromatic heterocycles. The number of hydrazone groups is 1. The number of benzene rings is 2. The van der Waals surface area contributed by atoms with Crippen LogP contribution in [-0.4, -0.2) is 38.1 Å². The van der Waals surface area contributed by atoms with Gasteiger partial charge in [0, 0.05) is 22.5 Å². The highest BCUT2D eigenvalue weighted by molar-refractivity contribution is 9.10. The molecule has 0 bridgehead atoms. The SMILES string of the molecule is COc1cc([C@H]2OC(c3cccc(Br)c3)=NN2C(C)=O)cc(OC)c1OC. The second-order valence-corrected chi connectivity index (χ2v) is 6.62. The van der Waals surface area contributed by atoms with Crippen molar-refractivity contribution in [2.45, 2.75) is 13.2 Å². The molecule has 7 nitrogen and oxygen atoms in total. The maximum atomic E-state index is 12.1. The molecule has 1 atom stereocenters. The lowest BCUT2D eigenvalue weighted by atomic mass is 10.1. The molecule has 0 saturated carbocycles. The first-order valence-corrected chi connectivity index (χ1v) is 8.88. The molecular formula is C19H19BrN2O5. The molecule has 8 heteroatoms. The van der Waals surface area contributed by atoms with E-state index in [2.05, 4.69) is 21.0 Å². The second kappa shape index (κ2) is 7.87. The fourth-order valence-electron chi connectivity index (χ4n) is 2.77. The molecule has 0 N–H and O–H groups in total. The van der Waals surface area contributed by atoms with Crippen LogP contribution in [0.1, 0.15) is 24.3 Å². The molecule has 0 saturated heterocycles. The van der Waals surface area contributed by atoms with Crippen molar-refractivity contribution >= 4 is 27.7 Å². The van der Waals surface area contributed by atoms with Crippen molar-refractivity contribution in [2.24, 2.45) is 5.10 Å². The van der Waals surface area contributed by atoms with Crippen LogP contribution in [0, 0.1) is 0 Å². The van der Waals surface area contributed by atoms with Gasteiger partial charge in [0.05, 0.1) is 21.3 Å². The highest BCUT2D eigenvalue weighted by Gasteiger charge is 2.34. The molecule has 1 aliphatic heterocycles. The largest absolute Gasteiger partial charge is 0.493 e. The molecule has 0 fully saturated rings. The van der Waals surface area contributed by atoms with Crippen molar-refractivity contribution in [3.05, 3.63) is 52.0 Å². The molecule has 3 rings (SSSR count). The fourth-order valence-corrected chi connectivity index (χ4v) is 3.16. The van der Waals surface area contributed by atoms with Crippen molar-refractivity contribution in [3.63, 3.8) is 0 Å². The van der Waals surface area contributed by atoms with E-state index in [0.717, 1.165) is 10.0 Å². The van der Waals surface area contributed by atoms with Crippen LogP contribution >= 0.6 is 15.9 Å².